The van der Waals surface area contributed by atoms with Crippen LogP contribution in [0.5, 0.6) is 5.75 Å². The summed E-state index contributed by atoms with van der Waals surface area (Å²) in [5.41, 5.74) is 1.93. The molecule has 4 rings (SSSR count). The summed E-state index contributed by atoms with van der Waals surface area (Å²) >= 11 is 0. The van der Waals surface area contributed by atoms with Crippen molar-refractivity contribution in [3.8, 4) is 5.75 Å². The largest absolute Gasteiger partial charge is 0.489 e. The van der Waals surface area contributed by atoms with E-state index < -0.39 is 11.5 Å². The molecular weight excluding hydrogens is 363 g/mol. The van der Waals surface area contributed by atoms with Crippen molar-refractivity contribution >= 4 is 0 Å². The summed E-state index contributed by atoms with van der Waals surface area (Å²) in [7, 11) is 0. The van der Waals surface area contributed by atoms with Gasteiger partial charge < -0.3 is 9.84 Å². The van der Waals surface area contributed by atoms with Crippen LogP contribution in [0, 0.1) is 5.82 Å². The summed E-state index contributed by atoms with van der Waals surface area (Å²) in [4.78, 5) is 0. The summed E-state index contributed by atoms with van der Waals surface area (Å²) in [5, 5.41) is 11.2. The van der Waals surface area contributed by atoms with Crippen LogP contribution < -0.4 is 4.74 Å². The third kappa shape index (κ3) is 4.06. The molecule has 1 N–H and O–H groups in total. The molecule has 0 aliphatic heterocycles. The number of ether oxygens (including phenoxy) is 1. The summed E-state index contributed by atoms with van der Waals surface area (Å²) in [6.45, 7) is 0.501. The highest BCUT2D eigenvalue weighted by Crippen LogP contribution is 2.45. The summed E-state index contributed by atoms with van der Waals surface area (Å²) < 4.78 is 20.8. The molecule has 0 amide bonds. The van der Waals surface area contributed by atoms with Gasteiger partial charge in [0.05, 0.1) is 6.10 Å². The molecule has 3 heteroatoms. The van der Waals surface area contributed by atoms with Gasteiger partial charge in [0, 0.05) is 11.0 Å². The molecule has 1 aliphatic rings. The first kappa shape index (κ1) is 19.7. The van der Waals surface area contributed by atoms with E-state index >= 15 is 0 Å². The van der Waals surface area contributed by atoms with Crippen LogP contribution >= 0.6 is 0 Å². The molecule has 0 bridgehead atoms. The van der Waals surface area contributed by atoms with E-state index in [2.05, 4.69) is 0 Å². The van der Waals surface area contributed by atoms with E-state index in [1.807, 2.05) is 66.7 Å². The summed E-state index contributed by atoms with van der Waals surface area (Å²) in [5.74, 6) is 0.516. The maximum absolute atomic E-state index is 14.9. The second-order valence-corrected chi connectivity index (χ2v) is 7.86. The van der Waals surface area contributed by atoms with Crippen LogP contribution in [0.25, 0.3) is 0 Å². The van der Waals surface area contributed by atoms with Gasteiger partial charge in [0.1, 0.15) is 18.2 Å². The lowest BCUT2D eigenvalue weighted by molar-refractivity contribution is 0.0926. The molecule has 1 saturated carbocycles. The second-order valence-electron chi connectivity index (χ2n) is 7.86. The van der Waals surface area contributed by atoms with Gasteiger partial charge in [-0.15, -0.1) is 0 Å². The van der Waals surface area contributed by atoms with Crippen LogP contribution in [0.3, 0.4) is 0 Å². The van der Waals surface area contributed by atoms with E-state index in [4.69, 9.17) is 4.74 Å². The minimum Gasteiger partial charge on any atom is -0.489 e. The Kier molecular flexibility index (Phi) is 5.96. The molecule has 29 heavy (non-hydrogen) atoms. The van der Waals surface area contributed by atoms with Crippen molar-refractivity contribution in [1.82, 2.24) is 0 Å². The Morgan fingerprint density at radius 3 is 2.34 bits per heavy atom. The average Bonchev–Trinajstić information content (AvgIpc) is 2.96. The molecule has 0 radical (unpaired) electrons. The van der Waals surface area contributed by atoms with E-state index in [-0.39, 0.29) is 5.82 Å². The highest BCUT2D eigenvalue weighted by Gasteiger charge is 2.43. The third-order valence-electron chi connectivity index (χ3n) is 6.09. The van der Waals surface area contributed by atoms with Crippen LogP contribution in [-0.4, -0.2) is 11.2 Å². The number of aliphatic hydroxyl groups excluding tert-OH is 1. The first-order chi connectivity index (χ1) is 14.2. The fourth-order valence-corrected chi connectivity index (χ4v) is 4.55. The predicted octanol–water partition coefficient (Wildman–Crippen LogP) is 6.02. The van der Waals surface area contributed by atoms with E-state index in [0.717, 1.165) is 42.6 Å². The summed E-state index contributed by atoms with van der Waals surface area (Å²) in [6, 6.07) is 24.7. The van der Waals surface area contributed by atoms with Crippen molar-refractivity contribution in [1.29, 1.82) is 0 Å². The van der Waals surface area contributed by atoms with Crippen LogP contribution in [0.4, 0.5) is 4.39 Å². The Labute approximate surface area is 172 Å². The van der Waals surface area contributed by atoms with Crippen LogP contribution in [0.1, 0.15) is 48.8 Å². The number of hydrogen-bond donors (Lipinski definition) is 1. The van der Waals surface area contributed by atoms with E-state index in [1.165, 1.54) is 6.07 Å². The highest BCUT2D eigenvalue weighted by atomic mass is 19.1. The smallest absolute Gasteiger partial charge is 0.127 e. The van der Waals surface area contributed by atoms with Gasteiger partial charge in [-0.1, -0.05) is 79.9 Å². The average molecular weight is 390 g/mol. The number of halogens is 1. The molecule has 2 nitrogen and oxygen atoms in total. The first-order valence-corrected chi connectivity index (χ1v) is 10.4. The lowest BCUT2D eigenvalue weighted by atomic mass is 9.67. The van der Waals surface area contributed by atoms with Crippen molar-refractivity contribution in [3.05, 3.63) is 101 Å². The fraction of sp³-hybridized carbons (Fsp3) is 0.308. The van der Waals surface area contributed by atoms with E-state index in [0.29, 0.717) is 18.6 Å². The van der Waals surface area contributed by atoms with Crippen LogP contribution in [0.15, 0.2) is 78.9 Å². The van der Waals surface area contributed by atoms with Gasteiger partial charge in [0.25, 0.3) is 0 Å². The molecule has 2 atom stereocenters. The third-order valence-corrected chi connectivity index (χ3v) is 6.09. The Morgan fingerprint density at radius 2 is 1.59 bits per heavy atom. The molecule has 150 valence electrons. The number of aliphatic hydroxyl groups is 1. The quantitative estimate of drug-likeness (QED) is 0.540. The maximum Gasteiger partial charge on any atom is 0.127 e. The van der Waals surface area contributed by atoms with Gasteiger partial charge in [0.15, 0.2) is 0 Å². The number of benzene rings is 3. The topological polar surface area (TPSA) is 29.5 Å². The van der Waals surface area contributed by atoms with Crippen molar-refractivity contribution in [2.24, 2.45) is 0 Å². The Balaban J connectivity index is 1.65. The standard InChI is InChI=1S/C26H27FO2/c27-24-12-7-6-11-23(24)26(18-8-2-5-13-25(26)28)21-14-16-22(17-15-21)29-19-20-9-3-1-4-10-20/h1,3-4,6-7,9-12,14-17,25,28H,2,5,8,13,18-19H2. The molecule has 1 aliphatic carbocycles. The van der Waals surface area contributed by atoms with Gasteiger partial charge in [-0.3, -0.25) is 0 Å². The highest BCUT2D eigenvalue weighted by molar-refractivity contribution is 5.44. The lowest BCUT2D eigenvalue weighted by Crippen LogP contribution is -2.40. The molecule has 3 aromatic rings. The normalized spacial score (nSPS) is 22.1. The van der Waals surface area contributed by atoms with Crippen molar-refractivity contribution in [2.45, 2.75) is 50.2 Å². The summed E-state index contributed by atoms with van der Waals surface area (Å²) in [6.07, 6.45) is 3.80. The lowest BCUT2D eigenvalue weighted by Gasteiger charge is -2.38. The Bertz CT molecular complexity index is 923. The van der Waals surface area contributed by atoms with Gasteiger partial charge in [-0.05, 0) is 42.2 Å². The molecular formula is C26H27FO2. The molecule has 0 aromatic heterocycles. The van der Waals surface area contributed by atoms with Crippen LogP contribution in [-0.2, 0) is 12.0 Å². The molecule has 0 heterocycles. The number of hydrogen-bond acceptors (Lipinski definition) is 2. The Hall–Kier alpha value is -2.65. The first-order valence-electron chi connectivity index (χ1n) is 10.4. The van der Waals surface area contributed by atoms with E-state index in [9.17, 15) is 9.50 Å². The zero-order valence-electron chi connectivity index (χ0n) is 16.6. The van der Waals surface area contributed by atoms with Crippen molar-refractivity contribution in [2.75, 3.05) is 0 Å². The van der Waals surface area contributed by atoms with E-state index in [1.54, 1.807) is 6.07 Å². The van der Waals surface area contributed by atoms with Crippen molar-refractivity contribution < 1.29 is 14.2 Å². The molecule has 0 spiro atoms. The van der Waals surface area contributed by atoms with Gasteiger partial charge in [-0.2, -0.15) is 0 Å². The van der Waals surface area contributed by atoms with Crippen molar-refractivity contribution in [3.63, 3.8) is 0 Å². The predicted molar refractivity (Wildman–Crippen MR) is 113 cm³/mol. The monoisotopic (exact) mass is 390 g/mol. The minimum absolute atomic E-state index is 0.252. The molecule has 0 saturated heterocycles. The molecule has 2 unspecified atom stereocenters. The molecule has 1 fully saturated rings. The zero-order chi connectivity index (χ0) is 20.1. The van der Waals surface area contributed by atoms with Gasteiger partial charge in [0.2, 0.25) is 0 Å². The fourth-order valence-electron chi connectivity index (χ4n) is 4.55. The molecule has 3 aromatic carbocycles. The van der Waals surface area contributed by atoms with Gasteiger partial charge in [-0.25, -0.2) is 4.39 Å². The Morgan fingerprint density at radius 1 is 0.862 bits per heavy atom. The SMILES string of the molecule is OC1CCCCCC1(c1ccc(OCc2ccccc2)cc1)c1ccccc1F. The van der Waals surface area contributed by atoms with Gasteiger partial charge >= 0.3 is 0 Å². The maximum atomic E-state index is 14.9. The van der Waals surface area contributed by atoms with Crippen LogP contribution in [0.2, 0.25) is 0 Å². The minimum atomic E-state index is -0.722. The zero-order valence-corrected chi connectivity index (χ0v) is 16.6. The number of rotatable bonds is 5. The second kappa shape index (κ2) is 8.79.